The summed E-state index contributed by atoms with van der Waals surface area (Å²) in [5.41, 5.74) is 0.708. The number of benzene rings is 2. The molecule has 0 aliphatic carbocycles. The highest BCUT2D eigenvalue weighted by atomic mass is 79.9. The van der Waals surface area contributed by atoms with Gasteiger partial charge in [-0.05, 0) is 31.2 Å². The number of ether oxygens (including phenoxy) is 1. The lowest BCUT2D eigenvalue weighted by atomic mass is 10.2. The van der Waals surface area contributed by atoms with Gasteiger partial charge in [0.2, 0.25) is 5.75 Å². The van der Waals surface area contributed by atoms with Crippen LogP contribution in [0.4, 0.5) is 5.69 Å². The second kappa shape index (κ2) is 5.83. The Balaban J connectivity index is 2.48. The third-order valence-corrected chi connectivity index (χ3v) is 3.20. The van der Waals surface area contributed by atoms with E-state index in [1.165, 1.54) is 6.07 Å². The van der Waals surface area contributed by atoms with E-state index in [1.807, 2.05) is 0 Å². The Labute approximate surface area is 123 Å². The van der Waals surface area contributed by atoms with Crippen LogP contribution in [0, 0.1) is 17.0 Å². The number of aryl methyl sites for hydroxylation is 1. The Morgan fingerprint density at radius 2 is 2.00 bits per heavy atom. The predicted octanol–water partition coefficient (Wildman–Crippen LogP) is 4.27. The van der Waals surface area contributed by atoms with Crippen LogP contribution in [0.5, 0.6) is 11.5 Å². The van der Waals surface area contributed by atoms with Crippen molar-refractivity contribution in [3.05, 3.63) is 62.1 Å². The van der Waals surface area contributed by atoms with Crippen LogP contribution in [-0.2, 0) is 0 Å². The minimum atomic E-state index is -0.496. The molecule has 0 amide bonds. The van der Waals surface area contributed by atoms with E-state index in [0.717, 1.165) is 4.47 Å². The summed E-state index contributed by atoms with van der Waals surface area (Å²) in [5.74, 6) is 0.386. The third kappa shape index (κ3) is 2.85. The zero-order valence-electron chi connectivity index (χ0n) is 10.5. The van der Waals surface area contributed by atoms with Gasteiger partial charge < -0.3 is 4.74 Å². The van der Waals surface area contributed by atoms with E-state index >= 15 is 0 Å². The minimum absolute atomic E-state index is 0.104. The molecule has 0 aliphatic heterocycles. The van der Waals surface area contributed by atoms with E-state index in [1.54, 1.807) is 37.3 Å². The second-order valence-electron chi connectivity index (χ2n) is 4.08. The molecule has 0 aromatic heterocycles. The monoisotopic (exact) mass is 335 g/mol. The largest absolute Gasteiger partial charge is 0.449 e. The fraction of sp³-hybridized carbons (Fsp3) is 0.0714. The van der Waals surface area contributed by atoms with Crippen molar-refractivity contribution < 1.29 is 14.5 Å². The van der Waals surface area contributed by atoms with Gasteiger partial charge in [-0.3, -0.25) is 14.9 Å². The minimum Gasteiger partial charge on any atom is -0.449 e. The second-order valence-corrected chi connectivity index (χ2v) is 5.00. The molecule has 0 heterocycles. The SMILES string of the molecule is Cc1cccc(Oc2ccc(Br)cc2C=O)c1[N+](=O)[O-]. The first-order chi connectivity index (χ1) is 9.52. The van der Waals surface area contributed by atoms with E-state index < -0.39 is 4.92 Å². The predicted molar refractivity (Wildman–Crippen MR) is 77.4 cm³/mol. The number of para-hydroxylation sites is 1. The number of nitro benzene ring substituents is 1. The van der Waals surface area contributed by atoms with Crippen molar-refractivity contribution in [3.8, 4) is 11.5 Å². The number of carbonyl (C=O) groups excluding carboxylic acids is 1. The maximum Gasteiger partial charge on any atom is 0.314 e. The Morgan fingerprint density at radius 3 is 2.65 bits per heavy atom. The number of hydrogen-bond acceptors (Lipinski definition) is 4. The molecule has 0 saturated heterocycles. The smallest absolute Gasteiger partial charge is 0.314 e. The Kier molecular flexibility index (Phi) is 4.14. The number of nitro groups is 1. The van der Waals surface area contributed by atoms with Crippen LogP contribution in [-0.4, -0.2) is 11.2 Å². The van der Waals surface area contributed by atoms with Crippen molar-refractivity contribution in [1.82, 2.24) is 0 Å². The topological polar surface area (TPSA) is 69.4 Å². The normalized spacial score (nSPS) is 10.1. The van der Waals surface area contributed by atoms with Gasteiger partial charge in [-0.15, -0.1) is 0 Å². The van der Waals surface area contributed by atoms with Crippen molar-refractivity contribution in [1.29, 1.82) is 0 Å². The molecule has 2 rings (SSSR count). The first-order valence-corrected chi connectivity index (χ1v) is 6.49. The summed E-state index contributed by atoms with van der Waals surface area (Å²) in [6.45, 7) is 1.63. The molecule has 0 N–H and O–H groups in total. The summed E-state index contributed by atoms with van der Waals surface area (Å²) >= 11 is 3.25. The van der Waals surface area contributed by atoms with Gasteiger partial charge in [0.25, 0.3) is 0 Å². The maximum atomic E-state index is 11.1. The van der Waals surface area contributed by atoms with Crippen molar-refractivity contribution in [2.45, 2.75) is 6.92 Å². The standard InChI is InChI=1S/C14H10BrNO4/c1-9-3-2-4-13(14(9)16(18)19)20-12-6-5-11(15)7-10(12)8-17/h2-8H,1H3. The molecule has 0 spiro atoms. The molecule has 6 heteroatoms. The van der Waals surface area contributed by atoms with E-state index in [2.05, 4.69) is 15.9 Å². The van der Waals surface area contributed by atoms with E-state index in [9.17, 15) is 14.9 Å². The fourth-order valence-electron chi connectivity index (χ4n) is 1.77. The molecule has 20 heavy (non-hydrogen) atoms. The van der Waals surface area contributed by atoms with Crippen LogP contribution in [0.15, 0.2) is 40.9 Å². The number of carbonyl (C=O) groups is 1. The molecule has 2 aromatic rings. The van der Waals surface area contributed by atoms with Crippen molar-refractivity contribution in [2.75, 3.05) is 0 Å². The maximum absolute atomic E-state index is 11.1. The van der Waals surface area contributed by atoms with Gasteiger partial charge >= 0.3 is 5.69 Å². The molecule has 2 aromatic carbocycles. The molecule has 0 aliphatic rings. The van der Waals surface area contributed by atoms with Gasteiger partial charge in [-0.2, -0.15) is 0 Å². The molecule has 5 nitrogen and oxygen atoms in total. The molecule has 0 radical (unpaired) electrons. The molecule has 0 bridgehead atoms. The van der Waals surface area contributed by atoms with Gasteiger partial charge in [0.1, 0.15) is 5.75 Å². The lowest BCUT2D eigenvalue weighted by molar-refractivity contribution is -0.386. The zero-order chi connectivity index (χ0) is 14.7. The number of nitrogens with zero attached hydrogens (tertiary/aromatic N) is 1. The summed E-state index contributed by atoms with van der Waals surface area (Å²) in [7, 11) is 0. The number of rotatable bonds is 4. The Hall–Kier alpha value is -2.21. The van der Waals surface area contributed by atoms with Gasteiger partial charge in [0.15, 0.2) is 6.29 Å². The van der Waals surface area contributed by atoms with Crippen LogP contribution in [0.25, 0.3) is 0 Å². The van der Waals surface area contributed by atoms with Gasteiger partial charge in [0.05, 0.1) is 10.5 Å². The highest BCUT2D eigenvalue weighted by molar-refractivity contribution is 9.10. The van der Waals surface area contributed by atoms with Crippen molar-refractivity contribution in [2.24, 2.45) is 0 Å². The summed E-state index contributed by atoms with van der Waals surface area (Å²) in [4.78, 5) is 21.6. The van der Waals surface area contributed by atoms with E-state index in [-0.39, 0.29) is 17.2 Å². The molecule has 0 atom stereocenters. The summed E-state index contributed by atoms with van der Waals surface area (Å²) in [5, 5.41) is 11.1. The first kappa shape index (κ1) is 14.2. The van der Waals surface area contributed by atoms with E-state index in [4.69, 9.17) is 4.74 Å². The summed E-state index contributed by atoms with van der Waals surface area (Å²) < 4.78 is 6.26. The number of halogens is 1. The molecule has 102 valence electrons. The quantitative estimate of drug-likeness (QED) is 0.475. The van der Waals surface area contributed by atoms with Gasteiger partial charge in [0, 0.05) is 10.0 Å². The van der Waals surface area contributed by atoms with Crippen molar-refractivity contribution >= 4 is 27.9 Å². The Morgan fingerprint density at radius 1 is 1.25 bits per heavy atom. The van der Waals surface area contributed by atoms with Crippen LogP contribution < -0.4 is 4.74 Å². The zero-order valence-corrected chi connectivity index (χ0v) is 12.1. The average molecular weight is 336 g/mol. The lowest BCUT2D eigenvalue weighted by Crippen LogP contribution is -1.97. The van der Waals surface area contributed by atoms with Crippen molar-refractivity contribution in [3.63, 3.8) is 0 Å². The fourth-order valence-corrected chi connectivity index (χ4v) is 2.15. The van der Waals surface area contributed by atoms with Gasteiger partial charge in [-0.1, -0.05) is 28.1 Å². The highest BCUT2D eigenvalue weighted by Gasteiger charge is 2.19. The Bertz CT molecular complexity index is 685. The number of aldehydes is 1. The summed E-state index contributed by atoms with van der Waals surface area (Å²) in [6, 6.07) is 9.67. The van der Waals surface area contributed by atoms with Gasteiger partial charge in [-0.25, -0.2) is 0 Å². The molecule has 0 fully saturated rings. The highest BCUT2D eigenvalue weighted by Crippen LogP contribution is 2.35. The first-order valence-electron chi connectivity index (χ1n) is 5.69. The molecular weight excluding hydrogens is 326 g/mol. The lowest BCUT2D eigenvalue weighted by Gasteiger charge is -2.09. The summed E-state index contributed by atoms with van der Waals surface area (Å²) in [6.07, 6.45) is 0.641. The van der Waals surface area contributed by atoms with Crippen LogP contribution >= 0.6 is 15.9 Å². The van der Waals surface area contributed by atoms with Crippen LogP contribution in [0.1, 0.15) is 15.9 Å². The number of hydrogen-bond donors (Lipinski definition) is 0. The van der Waals surface area contributed by atoms with E-state index in [0.29, 0.717) is 17.4 Å². The molecular formula is C14H10BrNO4. The average Bonchev–Trinajstić information content (AvgIpc) is 2.40. The molecule has 0 unspecified atom stereocenters. The third-order valence-electron chi connectivity index (χ3n) is 2.70. The van der Waals surface area contributed by atoms with Crippen LogP contribution in [0.3, 0.4) is 0 Å². The molecule has 0 saturated carbocycles. The van der Waals surface area contributed by atoms with Crippen LogP contribution in [0.2, 0.25) is 0 Å².